The average Bonchev–Trinajstić information content (AvgIpc) is 2.50. The van der Waals surface area contributed by atoms with Gasteiger partial charge in [0.05, 0.1) is 11.0 Å². The first-order valence-electron chi connectivity index (χ1n) is 6.96. The van der Waals surface area contributed by atoms with Crippen molar-refractivity contribution in [2.75, 3.05) is 0 Å². The Hall–Kier alpha value is -3.26. The van der Waals surface area contributed by atoms with Crippen LogP contribution in [0.15, 0.2) is 41.2 Å². The Morgan fingerprint density at radius 1 is 1.16 bits per heavy atom. The highest BCUT2D eigenvalue weighted by Crippen LogP contribution is 2.28. The van der Waals surface area contributed by atoms with E-state index in [1.54, 1.807) is 0 Å². The maximum absolute atomic E-state index is 12.5. The number of carboxylic acids is 1. The van der Waals surface area contributed by atoms with Crippen LogP contribution >= 0.6 is 11.6 Å². The number of halogens is 1. The van der Waals surface area contributed by atoms with Gasteiger partial charge in [-0.25, -0.2) is 4.98 Å². The first kappa shape index (κ1) is 16.6. The molecular formula is C16H11ClN2O6. The summed E-state index contributed by atoms with van der Waals surface area (Å²) in [6, 6.07) is 7.88. The number of fused-ring (bicyclic) bond motifs is 1. The second-order valence-corrected chi connectivity index (χ2v) is 5.56. The third-order valence-corrected chi connectivity index (χ3v) is 3.50. The Bertz CT molecular complexity index is 1030. The summed E-state index contributed by atoms with van der Waals surface area (Å²) < 4.78 is 6.33. The molecule has 0 atom stereocenters. The molecular weight excluding hydrogens is 352 g/mol. The lowest BCUT2D eigenvalue weighted by atomic mass is 10.3. The molecule has 3 N–H and O–H groups in total. The minimum Gasteiger partial charge on any atom is -0.508 e. The first-order valence-corrected chi connectivity index (χ1v) is 7.34. The molecule has 128 valence electrons. The van der Waals surface area contributed by atoms with Gasteiger partial charge in [-0.1, -0.05) is 11.6 Å². The molecule has 9 heteroatoms. The fourth-order valence-corrected chi connectivity index (χ4v) is 2.46. The minimum absolute atomic E-state index is 0.0367. The van der Waals surface area contributed by atoms with Crippen LogP contribution in [0.5, 0.6) is 23.1 Å². The number of hydrogen-bond donors (Lipinski definition) is 3. The van der Waals surface area contributed by atoms with Crippen LogP contribution in [0.2, 0.25) is 5.02 Å². The number of aromatic nitrogens is 2. The van der Waals surface area contributed by atoms with Crippen LogP contribution in [0.3, 0.4) is 0 Å². The molecule has 0 saturated heterocycles. The van der Waals surface area contributed by atoms with Gasteiger partial charge < -0.3 is 20.1 Å². The fourth-order valence-electron chi connectivity index (χ4n) is 2.29. The lowest BCUT2D eigenvalue weighted by molar-refractivity contribution is -0.137. The summed E-state index contributed by atoms with van der Waals surface area (Å²) in [6.45, 7) is -0.596. The van der Waals surface area contributed by atoms with E-state index < -0.39 is 24.0 Å². The molecule has 8 nitrogen and oxygen atoms in total. The highest BCUT2D eigenvalue weighted by molar-refractivity contribution is 6.31. The number of aliphatic carboxylic acids is 1. The number of carbonyl (C=O) groups is 1. The SMILES string of the molecule is O=C(O)Cn1c(=O)c(Oc2cc(O)cc(O)c2)nc2cc(Cl)ccc21. The molecule has 0 radical (unpaired) electrons. The van der Waals surface area contributed by atoms with Gasteiger partial charge in [0, 0.05) is 23.2 Å². The van der Waals surface area contributed by atoms with Crippen molar-refractivity contribution in [3.63, 3.8) is 0 Å². The van der Waals surface area contributed by atoms with Gasteiger partial charge in [0.25, 0.3) is 5.88 Å². The van der Waals surface area contributed by atoms with Crippen molar-refractivity contribution < 1.29 is 24.9 Å². The number of rotatable bonds is 4. The third-order valence-electron chi connectivity index (χ3n) is 3.26. The number of hydrogen-bond acceptors (Lipinski definition) is 6. The summed E-state index contributed by atoms with van der Waals surface area (Å²) >= 11 is 5.92. The Morgan fingerprint density at radius 2 is 1.84 bits per heavy atom. The maximum Gasteiger partial charge on any atom is 0.323 e. The fraction of sp³-hybridized carbons (Fsp3) is 0.0625. The van der Waals surface area contributed by atoms with Gasteiger partial charge in [0.2, 0.25) is 0 Å². The number of carboxylic acid groups (broad SMARTS) is 1. The van der Waals surface area contributed by atoms with Crippen LogP contribution in [0.1, 0.15) is 0 Å². The van der Waals surface area contributed by atoms with Crippen molar-refractivity contribution >= 4 is 28.6 Å². The van der Waals surface area contributed by atoms with Crippen LogP contribution in [0, 0.1) is 0 Å². The minimum atomic E-state index is -1.22. The van der Waals surface area contributed by atoms with Crippen LogP contribution in [0.4, 0.5) is 0 Å². The zero-order valence-electron chi connectivity index (χ0n) is 12.5. The predicted octanol–water partition coefficient (Wildman–Crippen LogP) is 2.34. The Labute approximate surface area is 145 Å². The average molecular weight is 363 g/mol. The molecule has 3 aromatic rings. The topological polar surface area (TPSA) is 122 Å². The van der Waals surface area contributed by atoms with Gasteiger partial charge in [0.15, 0.2) is 0 Å². The molecule has 0 aliphatic heterocycles. The summed E-state index contributed by atoms with van der Waals surface area (Å²) in [7, 11) is 0. The van der Waals surface area contributed by atoms with Crippen LogP contribution in [0.25, 0.3) is 11.0 Å². The zero-order valence-corrected chi connectivity index (χ0v) is 13.3. The number of aromatic hydroxyl groups is 2. The van der Waals surface area contributed by atoms with Gasteiger partial charge in [0.1, 0.15) is 23.8 Å². The van der Waals surface area contributed by atoms with E-state index in [0.29, 0.717) is 5.02 Å². The summed E-state index contributed by atoms with van der Waals surface area (Å²) in [4.78, 5) is 27.7. The van der Waals surface area contributed by atoms with E-state index in [1.807, 2.05) is 0 Å². The second-order valence-electron chi connectivity index (χ2n) is 5.12. The normalized spacial score (nSPS) is 10.8. The largest absolute Gasteiger partial charge is 0.508 e. The third kappa shape index (κ3) is 3.48. The summed E-state index contributed by atoms with van der Waals surface area (Å²) in [5, 5.41) is 28.4. The number of phenolic OH excluding ortho intramolecular Hbond substituents is 2. The van der Waals surface area contributed by atoms with Crippen molar-refractivity contribution in [1.29, 1.82) is 0 Å². The Balaban J connectivity index is 2.18. The lowest BCUT2D eigenvalue weighted by Crippen LogP contribution is -2.26. The van der Waals surface area contributed by atoms with Crippen molar-refractivity contribution in [2.45, 2.75) is 6.54 Å². The van der Waals surface area contributed by atoms with Crippen LogP contribution in [-0.4, -0.2) is 30.8 Å². The quantitative estimate of drug-likeness (QED) is 0.651. The standard InChI is InChI=1S/C16H11ClN2O6/c17-8-1-2-13-12(3-8)18-15(16(24)19(13)7-14(22)23)25-11-5-9(20)4-10(21)6-11/h1-6,20-21H,7H2,(H,22,23). The molecule has 0 unspecified atom stereocenters. The highest BCUT2D eigenvalue weighted by Gasteiger charge is 2.16. The predicted molar refractivity (Wildman–Crippen MR) is 88.5 cm³/mol. The monoisotopic (exact) mass is 362 g/mol. The zero-order chi connectivity index (χ0) is 18.1. The molecule has 25 heavy (non-hydrogen) atoms. The van der Waals surface area contributed by atoms with Crippen molar-refractivity contribution in [1.82, 2.24) is 9.55 Å². The molecule has 1 aromatic heterocycles. The maximum atomic E-state index is 12.5. The summed E-state index contributed by atoms with van der Waals surface area (Å²) in [5.41, 5.74) is -0.240. The van der Waals surface area contributed by atoms with Gasteiger partial charge in [-0.15, -0.1) is 0 Å². The molecule has 3 rings (SSSR count). The van der Waals surface area contributed by atoms with Gasteiger partial charge in [-0.05, 0) is 18.2 Å². The second kappa shape index (κ2) is 6.33. The van der Waals surface area contributed by atoms with E-state index in [0.717, 1.165) is 10.6 Å². The van der Waals surface area contributed by atoms with E-state index >= 15 is 0 Å². The summed E-state index contributed by atoms with van der Waals surface area (Å²) in [6.07, 6.45) is 0. The molecule has 0 fully saturated rings. The van der Waals surface area contributed by atoms with Crippen LogP contribution < -0.4 is 10.3 Å². The molecule has 0 bridgehead atoms. The van der Waals surface area contributed by atoms with Crippen molar-refractivity contribution in [3.05, 3.63) is 51.8 Å². The van der Waals surface area contributed by atoms with E-state index in [2.05, 4.69) is 4.98 Å². The molecule has 1 heterocycles. The molecule has 0 aliphatic carbocycles. The summed E-state index contributed by atoms with van der Waals surface area (Å²) in [5.74, 6) is -2.22. The Morgan fingerprint density at radius 3 is 2.48 bits per heavy atom. The first-order chi connectivity index (χ1) is 11.8. The number of benzene rings is 2. The van der Waals surface area contributed by atoms with Gasteiger partial charge in [-0.2, -0.15) is 0 Å². The molecule has 0 spiro atoms. The number of nitrogens with zero attached hydrogens (tertiary/aromatic N) is 2. The molecule has 2 aromatic carbocycles. The smallest absolute Gasteiger partial charge is 0.323 e. The van der Waals surface area contributed by atoms with Crippen molar-refractivity contribution in [3.8, 4) is 23.1 Å². The molecule has 0 saturated carbocycles. The number of phenols is 2. The van der Waals surface area contributed by atoms with E-state index in [9.17, 15) is 19.8 Å². The Kier molecular flexibility index (Phi) is 4.20. The van der Waals surface area contributed by atoms with Crippen LogP contribution in [-0.2, 0) is 11.3 Å². The van der Waals surface area contributed by atoms with Crippen molar-refractivity contribution in [2.24, 2.45) is 0 Å². The van der Waals surface area contributed by atoms with Gasteiger partial charge in [-0.3, -0.25) is 14.2 Å². The van der Waals surface area contributed by atoms with Gasteiger partial charge >= 0.3 is 11.5 Å². The highest BCUT2D eigenvalue weighted by atomic mass is 35.5. The molecule has 0 aliphatic rings. The number of ether oxygens (including phenoxy) is 1. The van der Waals surface area contributed by atoms with E-state index in [4.69, 9.17) is 21.4 Å². The lowest BCUT2D eigenvalue weighted by Gasteiger charge is -2.11. The van der Waals surface area contributed by atoms with E-state index in [-0.39, 0.29) is 28.3 Å². The van der Waals surface area contributed by atoms with E-state index in [1.165, 1.54) is 30.3 Å². The molecule has 0 amide bonds.